The van der Waals surface area contributed by atoms with E-state index in [4.69, 9.17) is 0 Å². The standard InChI is InChI=1S/C16H4F5.C10H3F4.C6F5.Al/c17-8-4-3-6-1-2-7-5-9(18)14(19)13-11(7)10(6)12(8)15(20)16(13)21;11-6-3-1-2-5-4-7(12)9(13)10(14)8(5)6;7-2-1-3(8)5(10)6(11)4(2)9;/h1-4H;1,3-4H;;. The van der Waals surface area contributed by atoms with Gasteiger partial charge in [-0.3, -0.25) is 0 Å². The van der Waals surface area contributed by atoms with Crippen molar-refractivity contribution in [3.8, 4) is 0 Å². The first-order valence-electron chi connectivity index (χ1n) is 13.1. The van der Waals surface area contributed by atoms with Crippen LogP contribution < -0.4 is 13.3 Å². The van der Waals surface area contributed by atoms with Crippen molar-refractivity contribution in [3.63, 3.8) is 0 Å². The highest BCUT2D eigenvalue weighted by atomic mass is 27.2. The molecule has 0 spiro atoms. The Morgan fingerprint density at radius 3 is 1.47 bits per heavy atom. The maximum absolute atomic E-state index is 16.3. The van der Waals surface area contributed by atoms with E-state index >= 15 is 26.3 Å². The van der Waals surface area contributed by atoms with Crippen molar-refractivity contribution in [2.75, 3.05) is 0 Å². The van der Waals surface area contributed by atoms with Gasteiger partial charge in [0.25, 0.3) is 0 Å². The van der Waals surface area contributed by atoms with Gasteiger partial charge in [-0.1, -0.05) is 33.1 Å². The summed E-state index contributed by atoms with van der Waals surface area (Å²) in [7, 11) is 0. The zero-order valence-electron chi connectivity index (χ0n) is 22.4. The van der Waals surface area contributed by atoms with Crippen molar-refractivity contribution in [2.45, 2.75) is 0 Å². The lowest BCUT2D eigenvalue weighted by Gasteiger charge is -2.23. The summed E-state index contributed by atoms with van der Waals surface area (Å²) in [6, 6.07) is 4.70. The first-order chi connectivity index (χ1) is 22.2. The summed E-state index contributed by atoms with van der Waals surface area (Å²) in [5.74, 6) is -30.9. The van der Waals surface area contributed by atoms with Gasteiger partial charge in [0.1, 0.15) is 17.5 Å². The molecule has 0 N–H and O–H groups in total. The zero-order chi connectivity index (χ0) is 34.0. The summed E-state index contributed by atoms with van der Waals surface area (Å²) in [6.45, 7) is 0. The highest BCUT2D eigenvalue weighted by Crippen LogP contribution is 2.41. The monoisotopic (exact) mass is 684 g/mol. The number of hydrogen-bond acceptors (Lipinski definition) is 0. The van der Waals surface area contributed by atoms with Gasteiger partial charge in [-0.2, -0.15) is 0 Å². The Balaban J connectivity index is 1.78. The second-order valence-corrected chi connectivity index (χ2v) is 13.2. The number of rotatable bonds is 3. The molecule has 0 fully saturated rings. The molecule has 0 saturated heterocycles. The van der Waals surface area contributed by atoms with Gasteiger partial charge in [0.15, 0.2) is 64.0 Å². The molecule has 0 aromatic heterocycles. The molecular weight excluding hydrogens is 677 g/mol. The van der Waals surface area contributed by atoms with Crippen LogP contribution in [0, 0.1) is 81.4 Å². The Hall–Kier alpha value is -4.61. The molecule has 0 bridgehead atoms. The quantitative estimate of drug-likeness (QED) is 0.0579. The minimum Gasteiger partial charge on any atom is -0.206 e. The third kappa shape index (κ3) is 4.02. The van der Waals surface area contributed by atoms with E-state index < -0.39 is 147 Å². The SMILES string of the molecule is Fc1cc2[c]([Al]([c]3c(F)c(F)c(F)c(F)c3F)[c]3c(F)c(F)c4c(F)c(F)c5c(F)ccc6ccc3c4c65)ccc(F)c2c(F)c1F. The minimum absolute atomic E-state index is 0.0870. The molecule has 0 amide bonds. The predicted octanol–water partition coefficient (Wildman–Crippen LogP) is 8.20. The predicted molar refractivity (Wildman–Crippen MR) is 145 cm³/mol. The van der Waals surface area contributed by atoms with Crippen molar-refractivity contribution in [2.24, 2.45) is 0 Å². The fourth-order valence-electron chi connectivity index (χ4n) is 6.23. The molecule has 7 aromatic rings. The van der Waals surface area contributed by atoms with Crippen molar-refractivity contribution >= 4 is 70.5 Å². The normalized spacial score (nSPS) is 12.0. The summed E-state index contributed by atoms with van der Waals surface area (Å²) >= 11 is -5.01. The minimum atomic E-state index is -5.01. The lowest BCUT2D eigenvalue weighted by Crippen LogP contribution is -2.57. The van der Waals surface area contributed by atoms with Gasteiger partial charge >= 0.3 is 14.1 Å². The molecule has 0 heterocycles. The zero-order valence-corrected chi connectivity index (χ0v) is 23.6. The molecule has 0 radical (unpaired) electrons. The summed E-state index contributed by atoms with van der Waals surface area (Å²) in [5.41, 5.74) is 0. The lowest BCUT2D eigenvalue weighted by atomic mass is 9.92. The van der Waals surface area contributed by atoms with Crippen LogP contribution in [0.3, 0.4) is 0 Å². The molecule has 47 heavy (non-hydrogen) atoms. The summed E-state index contributed by atoms with van der Waals surface area (Å²) in [5, 5.41) is -7.08. The van der Waals surface area contributed by atoms with Crippen molar-refractivity contribution in [1.29, 1.82) is 0 Å². The molecule has 236 valence electrons. The van der Waals surface area contributed by atoms with Crippen LogP contribution in [0.1, 0.15) is 0 Å². The lowest BCUT2D eigenvalue weighted by molar-refractivity contribution is 0.384. The first-order valence-corrected chi connectivity index (χ1v) is 14.8. The van der Waals surface area contributed by atoms with Crippen molar-refractivity contribution in [1.82, 2.24) is 0 Å². The third-order valence-electron chi connectivity index (χ3n) is 8.21. The topological polar surface area (TPSA) is 0 Å². The molecule has 0 saturated carbocycles. The Morgan fingerprint density at radius 1 is 0.319 bits per heavy atom. The molecule has 7 rings (SSSR count). The van der Waals surface area contributed by atoms with E-state index in [1.165, 1.54) is 0 Å². The van der Waals surface area contributed by atoms with Gasteiger partial charge in [0.05, 0.1) is 16.2 Å². The molecule has 0 unspecified atom stereocenters. The van der Waals surface area contributed by atoms with E-state index in [2.05, 4.69) is 0 Å². The van der Waals surface area contributed by atoms with Gasteiger partial charge in [-0.05, 0) is 38.8 Å². The van der Waals surface area contributed by atoms with E-state index in [0.29, 0.717) is 12.1 Å². The Kier molecular flexibility index (Phi) is 6.90. The summed E-state index contributed by atoms with van der Waals surface area (Å²) in [6.07, 6.45) is 0. The Labute approximate surface area is 255 Å². The van der Waals surface area contributed by atoms with E-state index in [1.54, 1.807) is 0 Å². The first kappa shape index (κ1) is 31.0. The maximum atomic E-state index is 16.3. The number of fused-ring (bicyclic) bond motifs is 1. The average molecular weight is 684 g/mol. The third-order valence-corrected chi connectivity index (χ3v) is 11.6. The summed E-state index contributed by atoms with van der Waals surface area (Å²) < 4.78 is 207. The van der Waals surface area contributed by atoms with E-state index in [9.17, 15) is 35.1 Å². The van der Waals surface area contributed by atoms with Crippen LogP contribution in [0.25, 0.3) is 43.1 Å². The van der Waals surface area contributed by atoms with Gasteiger partial charge in [-0.15, -0.1) is 0 Å². The second kappa shape index (κ2) is 10.4. The Bertz CT molecular complexity index is 2500. The van der Waals surface area contributed by atoms with Crippen LogP contribution in [-0.4, -0.2) is 14.1 Å². The number of halogens is 14. The van der Waals surface area contributed by atoms with E-state index in [-0.39, 0.29) is 11.5 Å². The van der Waals surface area contributed by atoms with Crippen molar-refractivity contribution in [3.05, 3.63) is 124 Å². The smallest absolute Gasteiger partial charge is 0.206 e. The molecule has 0 aliphatic heterocycles. The molecule has 0 nitrogen and oxygen atoms in total. The van der Waals surface area contributed by atoms with Gasteiger partial charge in [0, 0.05) is 10.8 Å². The average Bonchev–Trinajstić information content (AvgIpc) is 3.04. The maximum Gasteiger partial charge on any atom is 0.400 e. The molecule has 0 aliphatic rings. The molecule has 15 heteroatoms. The second-order valence-electron chi connectivity index (χ2n) is 10.5. The van der Waals surface area contributed by atoms with E-state index in [0.717, 1.165) is 24.3 Å². The van der Waals surface area contributed by atoms with E-state index in [1.807, 2.05) is 0 Å². The van der Waals surface area contributed by atoms with Crippen LogP contribution >= 0.6 is 0 Å². The molecule has 0 atom stereocenters. The molecule has 7 aromatic carbocycles. The van der Waals surface area contributed by atoms with Crippen LogP contribution in [0.2, 0.25) is 0 Å². The van der Waals surface area contributed by atoms with Crippen LogP contribution in [-0.2, 0) is 0 Å². The highest BCUT2D eigenvalue weighted by molar-refractivity contribution is 6.98. The number of hydrogen-bond donors (Lipinski definition) is 0. The highest BCUT2D eigenvalue weighted by Gasteiger charge is 2.42. The fourth-order valence-corrected chi connectivity index (χ4v) is 9.66. The van der Waals surface area contributed by atoms with Gasteiger partial charge in [-0.25, -0.2) is 61.5 Å². The molecule has 0 aliphatic carbocycles. The van der Waals surface area contributed by atoms with Crippen LogP contribution in [0.5, 0.6) is 0 Å². The Morgan fingerprint density at radius 2 is 0.809 bits per heavy atom. The van der Waals surface area contributed by atoms with Crippen molar-refractivity contribution < 1.29 is 61.5 Å². The van der Waals surface area contributed by atoms with Gasteiger partial charge < -0.3 is 0 Å². The summed E-state index contributed by atoms with van der Waals surface area (Å²) in [4.78, 5) is 0. The largest absolute Gasteiger partial charge is 0.400 e. The molecular formula is C32H7AlF14. The van der Waals surface area contributed by atoms with Gasteiger partial charge in [0.2, 0.25) is 0 Å². The number of benzene rings is 7. The fraction of sp³-hybridized carbons (Fsp3) is 0. The van der Waals surface area contributed by atoms with Crippen LogP contribution in [0.15, 0.2) is 42.5 Å². The van der Waals surface area contributed by atoms with Crippen LogP contribution in [0.4, 0.5) is 61.5 Å².